The van der Waals surface area contributed by atoms with Crippen LogP contribution in [0, 0.1) is 0 Å². The highest BCUT2D eigenvalue weighted by Gasteiger charge is 2.18. The van der Waals surface area contributed by atoms with Gasteiger partial charge in [0.05, 0.1) is 11.8 Å². The first-order valence-electron chi connectivity index (χ1n) is 4.78. The fraction of sp³-hybridized carbons (Fsp3) is 0.889. The van der Waals surface area contributed by atoms with E-state index >= 15 is 0 Å². The molecule has 0 bridgehead atoms. The first-order chi connectivity index (χ1) is 6.63. The van der Waals surface area contributed by atoms with E-state index in [9.17, 15) is 13.2 Å². The minimum absolute atomic E-state index is 0.0397. The van der Waals surface area contributed by atoms with Crippen LogP contribution in [0.4, 0.5) is 0 Å². The summed E-state index contributed by atoms with van der Waals surface area (Å²) in [7, 11) is 0.334. The van der Waals surface area contributed by atoms with Crippen LogP contribution < -0.4 is 5.32 Å². The molecular weight excluding hydrogens is 216 g/mol. The minimum atomic E-state index is -3.00. The van der Waals surface area contributed by atoms with Gasteiger partial charge in [-0.2, -0.15) is 0 Å². The average molecular weight is 236 g/mol. The summed E-state index contributed by atoms with van der Waals surface area (Å²) in [5.41, 5.74) is 0. The molecule has 0 aliphatic heterocycles. The molecule has 0 rings (SSSR count). The molecule has 0 radical (unpaired) electrons. The molecule has 5 nitrogen and oxygen atoms in total. The zero-order valence-corrected chi connectivity index (χ0v) is 10.8. The standard InChI is InChI=1S/C9H20N2O3S/c1-7(6-15(5,13)14)10-8(2)9(12)11(3)4/h7-8,10H,6H2,1-5H3. The lowest BCUT2D eigenvalue weighted by molar-refractivity contribution is -0.130. The van der Waals surface area contributed by atoms with Gasteiger partial charge in [-0.25, -0.2) is 8.42 Å². The molecule has 90 valence electrons. The number of sulfone groups is 1. The first-order valence-corrected chi connectivity index (χ1v) is 6.84. The Morgan fingerprint density at radius 1 is 1.33 bits per heavy atom. The van der Waals surface area contributed by atoms with Gasteiger partial charge in [0.15, 0.2) is 0 Å². The number of amides is 1. The number of likely N-dealkylation sites (N-methyl/N-ethyl adjacent to an activating group) is 1. The number of rotatable bonds is 5. The Bertz CT molecular complexity index is 311. The summed E-state index contributed by atoms with van der Waals surface area (Å²) in [5.74, 6) is -0.0201. The fourth-order valence-electron chi connectivity index (χ4n) is 1.39. The molecule has 1 amide bonds. The van der Waals surface area contributed by atoms with Gasteiger partial charge in [-0.15, -0.1) is 0 Å². The van der Waals surface area contributed by atoms with Crippen molar-refractivity contribution in [2.45, 2.75) is 25.9 Å². The summed E-state index contributed by atoms with van der Waals surface area (Å²) in [6.45, 7) is 3.47. The Labute approximate surface area is 91.8 Å². The van der Waals surface area contributed by atoms with Gasteiger partial charge in [0, 0.05) is 26.4 Å². The lowest BCUT2D eigenvalue weighted by atomic mass is 10.2. The van der Waals surface area contributed by atoms with E-state index in [2.05, 4.69) is 5.32 Å². The molecule has 6 heteroatoms. The molecule has 1 N–H and O–H groups in total. The van der Waals surface area contributed by atoms with Crippen LogP contribution in [0.5, 0.6) is 0 Å². The summed E-state index contributed by atoms with van der Waals surface area (Å²) in [6.07, 6.45) is 1.18. The van der Waals surface area contributed by atoms with Crippen LogP contribution in [0.25, 0.3) is 0 Å². The zero-order valence-electron chi connectivity index (χ0n) is 9.94. The third-order valence-corrected chi connectivity index (χ3v) is 3.00. The highest BCUT2D eigenvalue weighted by atomic mass is 32.2. The lowest BCUT2D eigenvalue weighted by Gasteiger charge is -2.21. The summed E-state index contributed by atoms with van der Waals surface area (Å²) >= 11 is 0. The quantitative estimate of drug-likeness (QED) is 0.698. The summed E-state index contributed by atoms with van der Waals surface area (Å²) in [4.78, 5) is 12.9. The third-order valence-electron chi connectivity index (χ3n) is 1.90. The molecule has 0 aromatic heterocycles. The van der Waals surface area contributed by atoms with Crippen LogP contribution >= 0.6 is 0 Å². The Morgan fingerprint density at radius 3 is 2.13 bits per heavy atom. The zero-order chi connectivity index (χ0) is 12.2. The van der Waals surface area contributed by atoms with Gasteiger partial charge in [0.2, 0.25) is 5.91 Å². The Hall–Kier alpha value is -0.620. The second kappa shape index (κ2) is 5.46. The Balaban J connectivity index is 4.19. The Kier molecular flexibility index (Phi) is 5.23. The molecule has 0 aromatic carbocycles. The van der Waals surface area contributed by atoms with Crippen LogP contribution in [0.3, 0.4) is 0 Å². The molecule has 0 fully saturated rings. The first kappa shape index (κ1) is 14.4. The van der Waals surface area contributed by atoms with Gasteiger partial charge in [-0.3, -0.25) is 4.79 Å². The molecule has 2 atom stereocenters. The van der Waals surface area contributed by atoms with Crippen molar-refractivity contribution in [3.8, 4) is 0 Å². The van der Waals surface area contributed by atoms with Crippen molar-refractivity contribution >= 4 is 15.7 Å². The summed E-state index contributed by atoms with van der Waals surface area (Å²) in [5, 5.41) is 2.95. The largest absolute Gasteiger partial charge is 0.347 e. The van der Waals surface area contributed by atoms with Crippen molar-refractivity contribution in [3.63, 3.8) is 0 Å². The highest BCUT2D eigenvalue weighted by Crippen LogP contribution is 1.95. The number of carbonyl (C=O) groups is 1. The van der Waals surface area contributed by atoms with E-state index in [1.807, 2.05) is 0 Å². The van der Waals surface area contributed by atoms with Crippen molar-refractivity contribution in [1.29, 1.82) is 0 Å². The van der Waals surface area contributed by atoms with E-state index in [1.165, 1.54) is 11.2 Å². The summed E-state index contributed by atoms with van der Waals surface area (Å²) in [6, 6.07) is -0.587. The van der Waals surface area contributed by atoms with Crippen molar-refractivity contribution in [3.05, 3.63) is 0 Å². The highest BCUT2D eigenvalue weighted by molar-refractivity contribution is 7.90. The van der Waals surface area contributed by atoms with Crippen molar-refractivity contribution in [2.75, 3.05) is 26.1 Å². The minimum Gasteiger partial charge on any atom is -0.347 e. The van der Waals surface area contributed by atoms with E-state index < -0.39 is 9.84 Å². The molecular formula is C9H20N2O3S. The number of hydrogen-bond acceptors (Lipinski definition) is 4. The predicted octanol–water partition coefficient (Wildman–Crippen LogP) is -0.514. The molecule has 0 aromatic rings. The molecule has 0 aliphatic rings. The van der Waals surface area contributed by atoms with Crippen LogP contribution in [0.15, 0.2) is 0 Å². The van der Waals surface area contributed by atoms with Crippen molar-refractivity contribution < 1.29 is 13.2 Å². The molecule has 0 saturated carbocycles. The third kappa shape index (κ3) is 6.46. The van der Waals surface area contributed by atoms with Crippen LogP contribution in [-0.4, -0.2) is 57.4 Å². The molecule has 0 saturated heterocycles. The molecule has 0 heterocycles. The number of carbonyl (C=O) groups excluding carboxylic acids is 1. The number of hydrogen-bond donors (Lipinski definition) is 1. The predicted molar refractivity (Wildman–Crippen MR) is 60.5 cm³/mol. The monoisotopic (exact) mass is 236 g/mol. The smallest absolute Gasteiger partial charge is 0.238 e. The second-order valence-electron chi connectivity index (χ2n) is 4.11. The molecule has 15 heavy (non-hydrogen) atoms. The van der Waals surface area contributed by atoms with E-state index in [0.717, 1.165) is 0 Å². The van der Waals surface area contributed by atoms with Crippen LogP contribution in [0.2, 0.25) is 0 Å². The Morgan fingerprint density at radius 2 is 1.80 bits per heavy atom. The number of nitrogens with one attached hydrogen (secondary N) is 1. The van der Waals surface area contributed by atoms with Gasteiger partial charge in [0.25, 0.3) is 0 Å². The lowest BCUT2D eigenvalue weighted by Crippen LogP contribution is -2.47. The van der Waals surface area contributed by atoms with E-state index in [0.29, 0.717) is 0 Å². The van der Waals surface area contributed by atoms with Crippen molar-refractivity contribution in [2.24, 2.45) is 0 Å². The maximum atomic E-state index is 11.5. The fourth-order valence-corrected chi connectivity index (χ4v) is 2.39. The number of nitrogens with zero attached hydrogens (tertiary/aromatic N) is 1. The van der Waals surface area contributed by atoms with E-state index in [-0.39, 0.29) is 23.7 Å². The maximum Gasteiger partial charge on any atom is 0.238 e. The maximum absolute atomic E-state index is 11.5. The van der Waals surface area contributed by atoms with Gasteiger partial charge in [-0.1, -0.05) is 0 Å². The van der Waals surface area contributed by atoms with E-state index in [4.69, 9.17) is 0 Å². The normalized spacial score (nSPS) is 15.8. The molecule has 2 unspecified atom stereocenters. The summed E-state index contributed by atoms with van der Waals surface area (Å²) < 4.78 is 22.0. The van der Waals surface area contributed by atoms with Crippen LogP contribution in [0.1, 0.15) is 13.8 Å². The van der Waals surface area contributed by atoms with Gasteiger partial charge in [-0.05, 0) is 13.8 Å². The SMILES string of the molecule is CC(CS(C)(=O)=O)NC(C)C(=O)N(C)C. The average Bonchev–Trinajstić information content (AvgIpc) is 1.98. The molecule has 0 spiro atoms. The molecule has 0 aliphatic carbocycles. The van der Waals surface area contributed by atoms with Gasteiger partial charge in [0.1, 0.15) is 9.84 Å². The topological polar surface area (TPSA) is 66.5 Å². The van der Waals surface area contributed by atoms with Crippen molar-refractivity contribution in [1.82, 2.24) is 10.2 Å². The van der Waals surface area contributed by atoms with Gasteiger partial charge < -0.3 is 10.2 Å². The second-order valence-corrected chi connectivity index (χ2v) is 6.30. The van der Waals surface area contributed by atoms with Gasteiger partial charge >= 0.3 is 0 Å². The van der Waals surface area contributed by atoms with Crippen LogP contribution in [-0.2, 0) is 14.6 Å². The van der Waals surface area contributed by atoms with E-state index in [1.54, 1.807) is 27.9 Å².